The van der Waals surface area contributed by atoms with Gasteiger partial charge in [0.1, 0.15) is 0 Å². The van der Waals surface area contributed by atoms with Crippen LogP contribution in [0.15, 0.2) is 11.0 Å². The van der Waals surface area contributed by atoms with Gasteiger partial charge in [0.05, 0.1) is 6.20 Å². The number of hydrogen-bond donors (Lipinski definition) is 2. The Morgan fingerprint density at radius 2 is 2.37 bits per heavy atom. The molecule has 8 nitrogen and oxygen atoms in total. The van der Waals surface area contributed by atoms with Crippen LogP contribution >= 0.6 is 0 Å². The van der Waals surface area contributed by atoms with Crippen molar-refractivity contribution in [1.29, 1.82) is 0 Å². The van der Waals surface area contributed by atoms with Crippen LogP contribution in [0.4, 0.5) is 0 Å². The molecule has 2 N–H and O–H groups in total. The van der Waals surface area contributed by atoms with Gasteiger partial charge in [-0.25, -0.2) is 4.52 Å². The van der Waals surface area contributed by atoms with Crippen LogP contribution in [0.5, 0.6) is 0 Å². The highest BCUT2D eigenvalue weighted by atomic mass is 16.5. The van der Waals surface area contributed by atoms with Gasteiger partial charge in [-0.1, -0.05) is 5.21 Å². The first kappa shape index (κ1) is 13.2. The Morgan fingerprint density at radius 1 is 1.58 bits per heavy atom. The number of H-pyrrole nitrogens is 1. The molecule has 0 atom stereocenters. The minimum atomic E-state index is -0.416. The zero-order valence-electron chi connectivity index (χ0n) is 10.8. The Hall–Kier alpha value is -2.22. The lowest BCUT2D eigenvalue weighted by molar-refractivity contribution is 0.0945. The minimum Gasteiger partial charge on any atom is -0.385 e. The van der Waals surface area contributed by atoms with E-state index in [1.165, 1.54) is 4.52 Å². The summed E-state index contributed by atoms with van der Waals surface area (Å²) in [5.41, 5.74) is 0.440. The molecule has 102 valence electrons. The highest BCUT2D eigenvalue weighted by molar-refractivity contribution is 5.98. The van der Waals surface area contributed by atoms with Gasteiger partial charge >= 0.3 is 0 Å². The average molecular weight is 265 g/mol. The van der Waals surface area contributed by atoms with Crippen molar-refractivity contribution in [3.63, 3.8) is 0 Å². The van der Waals surface area contributed by atoms with E-state index in [9.17, 15) is 9.59 Å². The SMILES string of the molecule is COCCCNC(=O)c1nnn2cc(C)[nH]c(=O)c12. The molecule has 8 heteroatoms. The second-order valence-corrected chi connectivity index (χ2v) is 4.10. The second-order valence-electron chi connectivity index (χ2n) is 4.10. The molecular formula is C11H15N5O3. The van der Waals surface area contributed by atoms with E-state index in [4.69, 9.17) is 4.74 Å². The van der Waals surface area contributed by atoms with Crippen LogP contribution in [0.2, 0.25) is 0 Å². The number of rotatable bonds is 5. The van der Waals surface area contributed by atoms with Crippen LogP contribution < -0.4 is 10.9 Å². The van der Waals surface area contributed by atoms with Gasteiger partial charge in [0.25, 0.3) is 11.5 Å². The topological polar surface area (TPSA) is 101 Å². The van der Waals surface area contributed by atoms with Crippen LogP contribution in [0.1, 0.15) is 22.6 Å². The Bertz CT molecular complexity index is 645. The van der Waals surface area contributed by atoms with Crippen molar-refractivity contribution in [3.05, 3.63) is 27.9 Å². The molecule has 2 aromatic rings. The Balaban J connectivity index is 2.21. The number of methoxy groups -OCH3 is 1. The molecule has 0 saturated carbocycles. The summed E-state index contributed by atoms with van der Waals surface area (Å²) in [7, 11) is 1.59. The summed E-state index contributed by atoms with van der Waals surface area (Å²) >= 11 is 0. The number of hydrogen-bond acceptors (Lipinski definition) is 5. The van der Waals surface area contributed by atoms with Crippen LogP contribution in [-0.2, 0) is 4.74 Å². The fourth-order valence-corrected chi connectivity index (χ4v) is 1.70. The molecule has 0 unspecified atom stereocenters. The zero-order chi connectivity index (χ0) is 13.8. The number of aromatic nitrogens is 4. The number of nitrogens with one attached hydrogen (secondary N) is 2. The van der Waals surface area contributed by atoms with Crippen molar-refractivity contribution in [3.8, 4) is 0 Å². The summed E-state index contributed by atoms with van der Waals surface area (Å²) in [5, 5.41) is 10.2. The predicted octanol–water partition coefficient (Wildman–Crippen LogP) is -0.508. The summed E-state index contributed by atoms with van der Waals surface area (Å²) in [6.45, 7) is 2.74. The van der Waals surface area contributed by atoms with Crippen molar-refractivity contribution in [2.75, 3.05) is 20.3 Å². The van der Waals surface area contributed by atoms with E-state index < -0.39 is 5.91 Å². The van der Waals surface area contributed by atoms with Crippen LogP contribution in [0.3, 0.4) is 0 Å². The number of aromatic amines is 1. The van der Waals surface area contributed by atoms with Gasteiger partial charge in [0.15, 0.2) is 11.2 Å². The number of aryl methyl sites for hydroxylation is 1. The van der Waals surface area contributed by atoms with Crippen molar-refractivity contribution in [2.45, 2.75) is 13.3 Å². The normalized spacial score (nSPS) is 10.8. The first-order valence-electron chi connectivity index (χ1n) is 5.85. The van der Waals surface area contributed by atoms with Crippen LogP contribution in [0.25, 0.3) is 5.52 Å². The second kappa shape index (κ2) is 5.61. The molecule has 2 heterocycles. The van der Waals surface area contributed by atoms with Gasteiger partial charge in [0, 0.05) is 26.0 Å². The molecule has 0 aliphatic rings. The number of nitrogens with zero attached hydrogens (tertiary/aromatic N) is 3. The average Bonchev–Trinajstić information content (AvgIpc) is 2.78. The monoisotopic (exact) mass is 265 g/mol. The molecule has 0 radical (unpaired) electrons. The quantitative estimate of drug-likeness (QED) is 0.709. The molecule has 0 fully saturated rings. The van der Waals surface area contributed by atoms with Gasteiger partial charge in [-0.3, -0.25) is 9.59 Å². The van der Waals surface area contributed by atoms with E-state index in [0.29, 0.717) is 25.3 Å². The van der Waals surface area contributed by atoms with Crippen molar-refractivity contribution < 1.29 is 9.53 Å². The van der Waals surface area contributed by atoms with E-state index in [2.05, 4.69) is 20.6 Å². The number of ether oxygens (including phenoxy) is 1. The van der Waals surface area contributed by atoms with Gasteiger partial charge in [-0.2, -0.15) is 0 Å². The maximum Gasteiger partial charge on any atom is 0.276 e. The molecule has 0 aromatic carbocycles. The zero-order valence-corrected chi connectivity index (χ0v) is 10.8. The lowest BCUT2D eigenvalue weighted by Crippen LogP contribution is -2.27. The number of amides is 1. The first-order chi connectivity index (χ1) is 9.13. The van der Waals surface area contributed by atoms with E-state index >= 15 is 0 Å². The fraction of sp³-hybridized carbons (Fsp3) is 0.455. The van der Waals surface area contributed by atoms with Crippen molar-refractivity contribution >= 4 is 11.4 Å². The summed E-state index contributed by atoms with van der Waals surface area (Å²) in [6, 6.07) is 0. The fourth-order valence-electron chi connectivity index (χ4n) is 1.70. The molecule has 2 aromatic heterocycles. The molecule has 0 saturated heterocycles. The van der Waals surface area contributed by atoms with Crippen LogP contribution in [0, 0.1) is 6.92 Å². The number of carbonyl (C=O) groups is 1. The third kappa shape index (κ3) is 2.79. The van der Waals surface area contributed by atoms with E-state index in [1.807, 2.05) is 0 Å². The Morgan fingerprint density at radius 3 is 3.11 bits per heavy atom. The number of carbonyl (C=O) groups excluding carboxylic acids is 1. The van der Waals surface area contributed by atoms with Crippen molar-refractivity contribution in [2.24, 2.45) is 0 Å². The summed E-state index contributed by atoms with van der Waals surface area (Å²) < 4.78 is 6.18. The minimum absolute atomic E-state index is 0.0265. The molecule has 0 aliphatic heterocycles. The van der Waals surface area contributed by atoms with Gasteiger partial charge in [-0.15, -0.1) is 5.10 Å². The third-order valence-corrected chi connectivity index (χ3v) is 2.56. The standard InChI is InChI=1S/C11H15N5O3/c1-7-6-16-9(11(18)13-7)8(14-15-16)10(17)12-4-3-5-19-2/h6H,3-5H2,1-2H3,(H,12,17)(H,13,18). The number of fused-ring (bicyclic) bond motifs is 1. The maximum atomic E-state index is 11.9. The lowest BCUT2D eigenvalue weighted by Gasteiger charge is -2.02. The Kier molecular flexibility index (Phi) is 3.91. The van der Waals surface area contributed by atoms with Gasteiger partial charge in [0.2, 0.25) is 0 Å². The highest BCUT2D eigenvalue weighted by Crippen LogP contribution is 2.02. The maximum absolute atomic E-state index is 11.9. The van der Waals surface area contributed by atoms with E-state index in [1.54, 1.807) is 20.2 Å². The van der Waals surface area contributed by atoms with Gasteiger partial charge in [-0.05, 0) is 13.3 Å². The molecular weight excluding hydrogens is 250 g/mol. The highest BCUT2D eigenvalue weighted by Gasteiger charge is 2.17. The third-order valence-electron chi connectivity index (χ3n) is 2.56. The van der Waals surface area contributed by atoms with Crippen molar-refractivity contribution in [1.82, 2.24) is 25.1 Å². The summed E-state index contributed by atoms with van der Waals surface area (Å²) in [5.74, 6) is -0.416. The first-order valence-corrected chi connectivity index (χ1v) is 5.85. The summed E-state index contributed by atoms with van der Waals surface area (Å²) in [4.78, 5) is 26.3. The van der Waals surface area contributed by atoms with Crippen LogP contribution in [-0.4, -0.2) is 46.0 Å². The summed E-state index contributed by atoms with van der Waals surface area (Å²) in [6.07, 6.45) is 2.29. The smallest absolute Gasteiger partial charge is 0.276 e. The molecule has 19 heavy (non-hydrogen) atoms. The molecule has 0 aliphatic carbocycles. The van der Waals surface area contributed by atoms with E-state index in [0.717, 1.165) is 0 Å². The molecule has 0 spiro atoms. The molecule has 1 amide bonds. The largest absolute Gasteiger partial charge is 0.385 e. The molecule has 2 rings (SSSR count). The van der Waals surface area contributed by atoms with E-state index in [-0.39, 0.29) is 16.8 Å². The predicted molar refractivity (Wildman–Crippen MR) is 67.2 cm³/mol. The molecule has 0 bridgehead atoms. The lowest BCUT2D eigenvalue weighted by atomic mass is 10.3. The van der Waals surface area contributed by atoms with Gasteiger partial charge < -0.3 is 15.0 Å². The Labute approximate surface area is 108 Å².